The molecule has 0 aliphatic heterocycles. The van der Waals surface area contributed by atoms with Gasteiger partial charge in [0.2, 0.25) is 5.91 Å². The molecule has 0 aromatic heterocycles. The number of hydrogen-bond donors (Lipinski definition) is 4. The number of carboxylic acid groups (broad SMARTS) is 3. The second-order valence-electron chi connectivity index (χ2n) is 9.19. The third-order valence-electron chi connectivity index (χ3n) is 5.93. The number of carbonyl (C=O) groups excluding carboxylic acids is 3. The first-order valence-corrected chi connectivity index (χ1v) is 13.2. The molecule has 4 N–H and O–H groups in total. The van der Waals surface area contributed by atoms with Crippen LogP contribution in [0.15, 0.2) is 36.4 Å². The van der Waals surface area contributed by atoms with Gasteiger partial charge in [0, 0.05) is 19.4 Å². The molecule has 2 atom stereocenters. The Labute approximate surface area is 248 Å². The van der Waals surface area contributed by atoms with Gasteiger partial charge in [-0.1, -0.05) is 24.6 Å². The average molecular weight is 605 g/mol. The number of amides is 1. The summed E-state index contributed by atoms with van der Waals surface area (Å²) in [5, 5.41) is 30.0. The smallest absolute Gasteiger partial charge is 0.337 e. The van der Waals surface area contributed by atoms with Gasteiger partial charge in [-0.3, -0.25) is 28.9 Å². The Morgan fingerprint density at radius 2 is 1.60 bits per heavy atom. The van der Waals surface area contributed by atoms with Crippen LogP contribution in [0.25, 0.3) is 0 Å². The maximum Gasteiger partial charge on any atom is 0.337 e. The quantitative estimate of drug-likeness (QED) is 0.0678. The fourth-order valence-corrected chi connectivity index (χ4v) is 3.89. The van der Waals surface area contributed by atoms with Gasteiger partial charge in [-0.2, -0.15) is 0 Å². The van der Waals surface area contributed by atoms with Gasteiger partial charge in [-0.25, -0.2) is 4.79 Å². The number of terminal acetylenes is 1. The molecule has 1 aromatic rings. The monoisotopic (exact) mass is 604 g/mol. The summed E-state index contributed by atoms with van der Waals surface area (Å²) in [7, 11) is 1.17. The molecule has 43 heavy (non-hydrogen) atoms. The van der Waals surface area contributed by atoms with Crippen LogP contribution in [-0.4, -0.2) is 95.4 Å². The lowest BCUT2D eigenvalue weighted by Crippen LogP contribution is -2.46. The molecule has 0 spiro atoms. The van der Waals surface area contributed by atoms with Crippen molar-refractivity contribution in [2.24, 2.45) is 0 Å². The van der Waals surface area contributed by atoms with Crippen LogP contribution >= 0.6 is 0 Å². The highest BCUT2D eigenvalue weighted by Gasteiger charge is 2.29. The van der Waals surface area contributed by atoms with E-state index in [1.165, 1.54) is 7.11 Å². The van der Waals surface area contributed by atoms with Crippen LogP contribution in [-0.2, 0) is 38.2 Å². The number of carboxylic acids is 3. The van der Waals surface area contributed by atoms with Crippen molar-refractivity contribution >= 4 is 35.8 Å². The number of methoxy groups -OCH3 is 1. The highest BCUT2D eigenvalue weighted by atomic mass is 16.6. The number of aliphatic carboxylic acids is 3. The molecule has 234 valence electrons. The Bertz CT molecular complexity index is 1170. The molecule has 0 saturated carbocycles. The van der Waals surface area contributed by atoms with E-state index in [9.17, 15) is 33.9 Å². The van der Waals surface area contributed by atoms with Crippen LogP contribution in [0.5, 0.6) is 5.75 Å². The SMILES string of the molecule is C#CCOc1ccc(C(OC(=O)CCCC(=O)NCCCCC(C(=O)O)N(CC(=O)O)CC(=O)O)C(=C)C(=O)OC)cc1. The molecule has 0 heterocycles. The Kier molecular flexibility index (Phi) is 16.2. The first kappa shape index (κ1) is 36.1. The van der Waals surface area contributed by atoms with E-state index in [4.69, 9.17) is 30.8 Å². The van der Waals surface area contributed by atoms with E-state index in [0.29, 0.717) is 17.7 Å². The molecular formula is C29H36N2O12. The fourth-order valence-electron chi connectivity index (χ4n) is 3.89. The maximum atomic E-state index is 12.5. The molecule has 0 bridgehead atoms. The van der Waals surface area contributed by atoms with Gasteiger partial charge < -0.3 is 34.8 Å². The largest absolute Gasteiger partial charge is 0.481 e. The summed E-state index contributed by atoms with van der Waals surface area (Å²) in [5.41, 5.74) is 0.332. The summed E-state index contributed by atoms with van der Waals surface area (Å²) in [4.78, 5) is 71.1. The number of nitrogens with one attached hydrogen (secondary N) is 1. The van der Waals surface area contributed by atoms with Gasteiger partial charge in [0.1, 0.15) is 18.4 Å². The van der Waals surface area contributed by atoms with Crippen LogP contribution < -0.4 is 10.1 Å². The van der Waals surface area contributed by atoms with Crippen molar-refractivity contribution in [1.82, 2.24) is 10.2 Å². The minimum Gasteiger partial charge on any atom is -0.481 e. The van der Waals surface area contributed by atoms with Crippen LogP contribution in [0.2, 0.25) is 0 Å². The average Bonchev–Trinajstić information content (AvgIpc) is 2.95. The summed E-state index contributed by atoms with van der Waals surface area (Å²) in [6.45, 7) is 2.45. The molecule has 1 aromatic carbocycles. The molecule has 0 saturated heterocycles. The van der Waals surface area contributed by atoms with E-state index < -0.39 is 55.1 Å². The van der Waals surface area contributed by atoms with Gasteiger partial charge in [-0.05, 0) is 43.4 Å². The normalized spacial score (nSPS) is 11.8. The fraction of sp³-hybridized carbons (Fsp3) is 0.448. The Balaban J connectivity index is 2.54. The first-order valence-electron chi connectivity index (χ1n) is 13.2. The van der Waals surface area contributed by atoms with Crippen molar-refractivity contribution in [1.29, 1.82) is 0 Å². The van der Waals surface area contributed by atoms with Crippen LogP contribution in [0.1, 0.15) is 50.2 Å². The molecule has 1 rings (SSSR count). The predicted octanol–water partition coefficient (Wildman–Crippen LogP) is 1.39. The number of carbonyl (C=O) groups is 6. The van der Waals surface area contributed by atoms with Crippen molar-refractivity contribution < 1.29 is 58.3 Å². The van der Waals surface area contributed by atoms with E-state index in [1.54, 1.807) is 24.3 Å². The van der Waals surface area contributed by atoms with Crippen LogP contribution in [0, 0.1) is 12.3 Å². The number of nitrogens with zero attached hydrogens (tertiary/aromatic N) is 1. The van der Waals surface area contributed by atoms with Crippen molar-refractivity contribution in [3.63, 3.8) is 0 Å². The van der Waals surface area contributed by atoms with Gasteiger partial charge in [0.05, 0.1) is 25.8 Å². The molecule has 0 radical (unpaired) electrons. The van der Waals surface area contributed by atoms with E-state index >= 15 is 0 Å². The Hall–Kier alpha value is -4.90. The van der Waals surface area contributed by atoms with E-state index in [2.05, 4.69) is 17.8 Å². The minimum atomic E-state index is -1.35. The summed E-state index contributed by atoms with van der Waals surface area (Å²) < 4.78 is 15.5. The van der Waals surface area contributed by atoms with Crippen molar-refractivity contribution in [2.75, 3.05) is 33.4 Å². The standard InChI is InChI=1S/C29H36N2O12/c1-4-16-42-21-13-11-20(12-14-21)27(19(2)29(40)41-3)43-26(37)10-7-9-23(32)30-15-6-5-8-22(28(38)39)31(17-24(33)34)18-25(35)36/h1,11-14,22,27H,2,5-10,15-18H2,3H3,(H,30,32)(H,33,34)(H,35,36)(H,38,39). The molecule has 0 aliphatic carbocycles. The molecule has 14 heteroatoms. The number of rotatable bonds is 21. The minimum absolute atomic E-state index is 0.0122. The van der Waals surface area contributed by atoms with E-state index in [-0.39, 0.29) is 56.7 Å². The lowest BCUT2D eigenvalue weighted by Gasteiger charge is -2.25. The number of benzene rings is 1. The number of hydrogen-bond acceptors (Lipinski definition) is 10. The highest BCUT2D eigenvalue weighted by molar-refractivity contribution is 5.89. The lowest BCUT2D eigenvalue weighted by molar-refractivity contribution is -0.151. The Morgan fingerprint density at radius 3 is 2.14 bits per heavy atom. The van der Waals surface area contributed by atoms with E-state index in [0.717, 1.165) is 4.90 Å². The lowest BCUT2D eigenvalue weighted by atomic mass is 10.0. The number of esters is 2. The van der Waals surface area contributed by atoms with Gasteiger partial charge in [-0.15, -0.1) is 6.42 Å². The second kappa shape index (κ2) is 19.3. The predicted molar refractivity (Wildman–Crippen MR) is 150 cm³/mol. The highest BCUT2D eigenvalue weighted by Crippen LogP contribution is 2.28. The van der Waals surface area contributed by atoms with Gasteiger partial charge in [0.15, 0.2) is 6.10 Å². The Morgan fingerprint density at radius 1 is 0.977 bits per heavy atom. The maximum absolute atomic E-state index is 12.5. The zero-order chi connectivity index (χ0) is 32.4. The molecule has 0 fully saturated rings. The van der Waals surface area contributed by atoms with Crippen LogP contribution in [0.4, 0.5) is 0 Å². The first-order chi connectivity index (χ1) is 20.4. The topological polar surface area (TPSA) is 206 Å². The van der Waals surface area contributed by atoms with Crippen molar-refractivity contribution in [3.05, 3.63) is 42.0 Å². The molecular weight excluding hydrogens is 568 g/mol. The third kappa shape index (κ3) is 14.0. The van der Waals surface area contributed by atoms with Crippen molar-refractivity contribution in [3.8, 4) is 18.1 Å². The third-order valence-corrected chi connectivity index (χ3v) is 5.93. The molecule has 14 nitrogen and oxygen atoms in total. The summed E-state index contributed by atoms with van der Waals surface area (Å²) in [5.74, 6) is -3.05. The zero-order valence-corrected chi connectivity index (χ0v) is 23.8. The molecule has 0 aliphatic rings. The van der Waals surface area contributed by atoms with E-state index in [1.807, 2.05) is 0 Å². The van der Waals surface area contributed by atoms with Crippen LogP contribution in [0.3, 0.4) is 0 Å². The molecule has 1 amide bonds. The molecule has 2 unspecified atom stereocenters. The van der Waals surface area contributed by atoms with Gasteiger partial charge >= 0.3 is 29.8 Å². The van der Waals surface area contributed by atoms with Crippen molar-refractivity contribution in [2.45, 2.75) is 50.7 Å². The summed E-state index contributed by atoms with van der Waals surface area (Å²) in [6, 6.07) is 5.03. The summed E-state index contributed by atoms with van der Waals surface area (Å²) in [6.07, 6.45) is 4.65. The summed E-state index contributed by atoms with van der Waals surface area (Å²) >= 11 is 0. The second-order valence-corrected chi connectivity index (χ2v) is 9.19. The van der Waals surface area contributed by atoms with Gasteiger partial charge in [0.25, 0.3) is 0 Å². The number of ether oxygens (including phenoxy) is 3. The number of unbranched alkanes of at least 4 members (excludes halogenated alkanes) is 1. The zero-order valence-electron chi connectivity index (χ0n) is 23.8.